The first-order valence-corrected chi connectivity index (χ1v) is 7.07. The van der Waals surface area contributed by atoms with Gasteiger partial charge >= 0.3 is 0 Å². The number of halogens is 1. The van der Waals surface area contributed by atoms with E-state index in [0.29, 0.717) is 12.1 Å². The molecule has 1 aromatic carbocycles. The van der Waals surface area contributed by atoms with Crippen molar-refractivity contribution in [3.8, 4) is 0 Å². The molecule has 2 rings (SSSR count). The molecule has 1 aliphatic heterocycles. The monoisotopic (exact) mass is 324 g/mol. The van der Waals surface area contributed by atoms with Gasteiger partial charge in [0.15, 0.2) is 0 Å². The zero-order valence-corrected chi connectivity index (χ0v) is 12.7. The second-order valence-corrected chi connectivity index (χ2v) is 5.81. The van der Waals surface area contributed by atoms with E-state index in [9.17, 15) is 9.59 Å². The molecule has 0 N–H and O–H groups in total. The van der Waals surface area contributed by atoms with Gasteiger partial charge in [-0.15, -0.1) is 0 Å². The van der Waals surface area contributed by atoms with Crippen LogP contribution in [0, 0.1) is 0 Å². The first-order valence-electron chi connectivity index (χ1n) is 6.28. The summed E-state index contributed by atoms with van der Waals surface area (Å²) in [6.07, 6.45) is 1.63. The molecule has 0 aromatic heterocycles. The molecule has 0 bridgehead atoms. The second-order valence-electron chi connectivity index (χ2n) is 4.90. The zero-order valence-electron chi connectivity index (χ0n) is 11.1. The Balaban J connectivity index is 2.18. The predicted molar refractivity (Wildman–Crippen MR) is 76.9 cm³/mol. The molecule has 0 saturated carbocycles. The van der Waals surface area contributed by atoms with Gasteiger partial charge in [-0.05, 0) is 37.1 Å². The van der Waals surface area contributed by atoms with Crippen LogP contribution in [0.5, 0.6) is 0 Å². The maximum absolute atomic E-state index is 12.4. The van der Waals surface area contributed by atoms with E-state index in [-0.39, 0.29) is 17.9 Å². The zero-order chi connectivity index (χ0) is 14.0. The van der Waals surface area contributed by atoms with E-state index in [4.69, 9.17) is 0 Å². The largest absolute Gasteiger partial charge is 0.347 e. The average molecular weight is 325 g/mol. The fourth-order valence-electron chi connectivity index (χ4n) is 2.32. The fraction of sp³-hybridized carbons (Fsp3) is 0.429. The number of carbonyl (C=O) groups excluding carboxylic acids is 2. The van der Waals surface area contributed by atoms with Gasteiger partial charge in [0.2, 0.25) is 5.91 Å². The predicted octanol–water partition coefficient (Wildman–Crippen LogP) is 2.14. The average Bonchev–Trinajstić information content (AvgIpc) is 2.86. The standard InChI is InChI=1S/C14H17BrN2O2/c1-16(2)14(19)12-4-3-9-17(12)13(18)10-5-7-11(15)8-6-10/h5-8,12H,3-4,9H2,1-2H3. The van der Waals surface area contributed by atoms with E-state index < -0.39 is 0 Å². The molecule has 0 radical (unpaired) electrons. The smallest absolute Gasteiger partial charge is 0.254 e. The summed E-state index contributed by atoms with van der Waals surface area (Å²) in [6.45, 7) is 0.652. The molecule has 102 valence electrons. The number of hydrogen-bond acceptors (Lipinski definition) is 2. The quantitative estimate of drug-likeness (QED) is 0.836. The molecule has 5 heteroatoms. The summed E-state index contributed by atoms with van der Waals surface area (Å²) >= 11 is 3.35. The van der Waals surface area contributed by atoms with Crippen molar-refractivity contribution in [2.75, 3.05) is 20.6 Å². The molecule has 1 aromatic rings. The van der Waals surface area contributed by atoms with Gasteiger partial charge in [-0.1, -0.05) is 15.9 Å². The second kappa shape index (κ2) is 5.74. The van der Waals surface area contributed by atoms with E-state index >= 15 is 0 Å². The Hall–Kier alpha value is -1.36. The van der Waals surface area contributed by atoms with Crippen LogP contribution in [-0.4, -0.2) is 48.3 Å². The maximum atomic E-state index is 12.4. The van der Waals surface area contributed by atoms with Crippen molar-refractivity contribution in [1.29, 1.82) is 0 Å². The molecular formula is C14H17BrN2O2. The van der Waals surface area contributed by atoms with E-state index in [1.807, 2.05) is 12.1 Å². The van der Waals surface area contributed by atoms with Crippen molar-refractivity contribution in [3.05, 3.63) is 34.3 Å². The Labute approximate surface area is 121 Å². The van der Waals surface area contributed by atoms with Crippen LogP contribution in [0.4, 0.5) is 0 Å². The third-order valence-electron chi connectivity index (χ3n) is 3.33. The number of benzene rings is 1. The number of likely N-dealkylation sites (N-methyl/N-ethyl adjacent to an activating group) is 1. The summed E-state index contributed by atoms with van der Waals surface area (Å²) in [5, 5.41) is 0. The van der Waals surface area contributed by atoms with Gasteiger partial charge in [-0.2, -0.15) is 0 Å². The highest BCUT2D eigenvalue weighted by atomic mass is 79.9. The molecule has 1 aliphatic rings. The Morgan fingerprint density at radius 1 is 1.26 bits per heavy atom. The van der Waals surface area contributed by atoms with Crippen molar-refractivity contribution in [1.82, 2.24) is 9.80 Å². The van der Waals surface area contributed by atoms with Crippen LogP contribution < -0.4 is 0 Å². The summed E-state index contributed by atoms with van der Waals surface area (Å²) in [7, 11) is 3.45. The molecule has 1 heterocycles. The summed E-state index contributed by atoms with van der Waals surface area (Å²) in [5.41, 5.74) is 0.627. The van der Waals surface area contributed by atoms with Crippen LogP contribution in [0.15, 0.2) is 28.7 Å². The Bertz CT molecular complexity index is 485. The number of amides is 2. The number of likely N-dealkylation sites (tertiary alicyclic amines) is 1. The minimum atomic E-state index is -0.314. The lowest BCUT2D eigenvalue weighted by Crippen LogP contribution is -2.45. The van der Waals surface area contributed by atoms with Crippen molar-refractivity contribution < 1.29 is 9.59 Å². The van der Waals surface area contributed by atoms with Crippen LogP contribution in [0.2, 0.25) is 0 Å². The lowest BCUT2D eigenvalue weighted by Gasteiger charge is -2.26. The third kappa shape index (κ3) is 2.97. The number of rotatable bonds is 2. The van der Waals surface area contributed by atoms with Crippen molar-refractivity contribution >= 4 is 27.7 Å². The van der Waals surface area contributed by atoms with Gasteiger partial charge in [0.05, 0.1) is 0 Å². The summed E-state index contributed by atoms with van der Waals surface area (Å²) < 4.78 is 0.936. The fourth-order valence-corrected chi connectivity index (χ4v) is 2.59. The molecule has 1 unspecified atom stereocenters. The highest BCUT2D eigenvalue weighted by molar-refractivity contribution is 9.10. The van der Waals surface area contributed by atoms with E-state index in [0.717, 1.165) is 17.3 Å². The molecule has 0 aliphatic carbocycles. The normalized spacial score (nSPS) is 18.5. The lowest BCUT2D eigenvalue weighted by molar-refractivity contribution is -0.132. The Morgan fingerprint density at radius 2 is 1.89 bits per heavy atom. The Kier molecular flexibility index (Phi) is 4.24. The number of nitrogens with zero attached hydrogens (tertiary/aromatic N) is 2. The van der Waals surface area contributed by atoms with Gasteiger partial charge in [-0.3, -0.25) is 9.59 Å². The first-order chi connectivity index (χ1) is 9.00. The minimum absolute atomic E-state index is 0.00274. The summed E-state index contributed by atoms with van der Waals surface area (Å²) in [5.74, 6) is -0.0619. The van der Waals surface area contributed by atoms with Crippen molar-refractivity contribution in [3.63, 3.8) is 0 Å². The van der Waals surface area contributed by atoms with Crippen LogP contribution in [-0.2, 0) is 4.79 Å². The van der Waals surface area contributed by atoms with Gasteiger partial charge < -0.3 is 9.80 Å². The van der Waals surface area contributed by atoms with Gasteiger partial charge in [0.25, 0.3) is 5.91 Å². The topological polar surface area (TPSA) is 40.6 Å². The maximum Gasteiger partial charge on any atom is 0.254 e. The lowest BCUT2D eigenvalue weighted by atomic mass is 10.1. The highest BCUT2D eigenvalue weighted by Crippen LogP contribution is 2.22. The van der Waals surface area contributed by atoms with Crippen LogP contribution in [0.1, 0.15) is 23.2 Å². The van der Waals surface area contributed by atoms with Crippen LogP contribution in [0.25, 0.3) is 0 Å². The molecular weight excluding hydrogens is 308 g/mol. The van der Waals surface area contributed by atoms with E-state index in [2.05, 4.69) is 15.9 Å². The third-order valence-corrected chi connectivity index (χ3v) is 3.86. The SMILES string of the molecule is CN(C)C(=O)C1CCCN1C(=O)c1ccc(Br)cc1. The first kappa shape index (κ1) is 14.1. The van der Waals surface area contributed by atoms with Crippen LogP contribution >= 0.6 is 15.9 Å². The molecule has 0 spiro atoms. The number of hydrogen-bond donors (Lipinski definition) is 0. The van der Waals surface area contributed by atoms with Crippen molar-refractivity contribution in [2.24, 2.45) is 0 Å². The van der Waals surface area contributed by atoms with Gasteiger partial charge in [-0.25, -0.2) is 0 Å². The molecule has 2 amide bonds. The van der Waals surface area contributed by atoms with Gasteiger partial charge in [0.1, 0.15) is 6.04 Å². The number of carbonyl (C=O) groups is 2. The minimum Gasteiger partial charge on any atom is -0.347 e. The molecule has 1 fully saturated rings. The molecule has 19 heavy (non-hydrogen) atoms. The van der Waals surface area contributed by atoms with Crippen molar-refractivity contribution in [2.45, 2.75) is 18.9 Å². The summed E-state index contributed by atoms with van der Waals surface area (Å²) in [4.78, 5) is 27.7. The molecule has 1 atom stereocenters. The highest BCUT2D eigenvalue weighted by Gasteiger charge is 2.35. The van der Waals surface area contributed by atoms with Gasteiger partial charge in [0, 0.05) is 30.7 Å². The van der Waals surface area contributed by atoms with E-state index in [1.54, 1.807) is 36.0 Å². The van der Waals surface area contributed by atoms with E-state index in [1.165, 1.54) is 0 Å². The summed E-state index contributed by atoms with van der Waals surface area (Å²) in [6, 6.07) is 6.92. The van der Waals surface area contributed by atoms with Crippen LogP contribution in [0.3, 0.4) is 0 Å². The Morgan fingerprint density at radius 3 is 2.47 bits per heavy atom. The molecule has 4 nitrogen and oxygen atoms in total. The molecule has 1 saturated heterocycles.